The first-order chi connectivity index (χ1) is 13.8. The molecule has 0 aliphatic carbocycles. The van der Waals surface area contributed by atoms with Crippen LogP contribution in [-0.4, -0.2) is 31.7 Å². The van der Waals surface area contributed by atoms with E-state index >= 15 is 0 Å². The van der Waals surface area contributed by atoms with Crippen molar-refractivity contribution in [1.29, 1.82) is 0 Å². The topological polar surface area (TPSA) is 99.9 Å². The van der Waals surface area contributed by atoms with Crippen molar-refractivity contribution in [2.24, 2.45) is 5.92 Å². The van der Waals surface area contributed by atoms with Crippen LogP contribution < -0.4 is 19.5 Å². The lowest BCUT2D eigenvalue weighted by atomic mass is 10.1. The van der Waals surface area contributed by atoms with Gasteiger partial charge in [0.1, 0.15) is 0 Å². The van der Waals surface area contributed by atoms with Crippen molar-refractivity contribution in [3.63, 3.8) is 0 Å². The summed E-state index contributed by atoms with van der Waals surface area (Å²) in [6.07, 6.45) is 0. The highest BCUT2D eigenvalue weighted by Gasteiger charge is 2.20. The minimum absolute atomic E-state index is 0.0984. The lowest BCUT2D eigenvalue weighted by Gasteiger charge is -2.18. The first-order valence-electron chi connectivity index (χ1n) is 9.20. The maximum Gasteiger partial charge on any atom is 0.311 e. The number of ether oxygens (including phenoxy) is 3. The van der Waals surface area contributed by atoms with Crippen LogP contribution in [0, 0.1) is 16.0 Å². The predicted molar refractivity (Wildman–Crippen MR) is 109 cm³/mol. The molecule has 0 aliphatic heterocycles. The number of carbonyl (C=O) groups excluding carboxylic acids is 1. The van der Waals surface area contributed by atoms with Gasteiger partial charge in [-0.25, -0.2) is 0 Å². The molecule has 0 spiro atoms. The summed E-state index contributed by atoms with van der Waals surface area (Å²) in [5.74, 6) is 1.26. The lowest BCUT2D eigenvalue weighted by molar-refractivity contribution is -0.385. The molecule has 29 heavy (non-hydrogen) atoms. The van der Waals surface area contributed by atoms with E-state index < -0.39 is 10.8 Å². The van der Waals surface area contributed by atoms with E-state index in [-0.39, 0.29) is 23.0 Å². The molecule has 8 nitrogen and oxygen atoms in total. The highest BCUT2D eigenvalue weighted by molar-refractivity contribution is 5.95. The third kappa shape index (κ3) is 5.60. The van der Waals surface area contributed by atoms with Gasteiger partial charge in [0.2, 0.25) is 0 Å². The Morgan fingerprint density at radius 2 is 1.69 bits per heavy atom. The van der Waals surface area contributed by atoms with E-state index in [1.165, 1.54) is 25.3 Å². The van der Waals surface area contributed by atoms with Crippen molar-refractivity contribution in [3.05, 3.63) is 57.6 Å². The van der Waals surface area contributed by atoms with Crippen LogP contribution in [-0.2, 0) is 0 Å². The molecule has 2 aromatic carbocycles. The quantitative estimate of drug-likeness (QED) is 0.500. The van der Waals surface area contributed by atoms with E-state index in [4.69, 9.17) is 14.2 Å². The average molecular weight is 402 g/mol. The van der Waals surface area contributed by atoms with Gasteiger partial charge in [0.05, 0.1) is 31.8 Å². The second kappa shape index (κ2) is 9.77. The second-order valence-corrected chi connectivity index (χ2v) is 6.95. The third-order valence-electron chi connectivity index (χ3n) is 4.25. The zero-order valence-corrected chi connectivity index (χ0v) is 17.2. The van der Waals surface area contributed by atoms with E-state index in [1.54, 1.807) is 19.2 Å². The van der Waals surface area contributed by atoms with E-state index in [1.807, 2.05) is 13.0 Å². The predicted octanol–water partition coefficient (Wildman–Crippen LogP) is 4.14. The number of carbonyl (C=O) groups is 1. The van der Waals surface area contributed by atoms with Crippen molar-refractivity contribution in [1.82, 2.24) is 5.32 Å². The SMILES string of the molecule is COc1cc([C@@H](C)NC(=O)c2ccc(OC)c([N+](=O)[O-])c2)ccc1OCC(C)C. The van der Waals surface area contributed by atoms with Gasteiger partial charge in [-0.1, -0.05) is 19.9 Å². The molecule has 156 valence electrons. The highest BCUT2D eigenvalue weighted by atomic mass is 16.6. The van der Waals surface area contributed by atoms with Gasteiger partial charge < -0.3 is 19.5 Å². The van der Waals surface area contributed by atoms with Crippen molar-refractivity contribution in [2.75, 3.05) is 20.8 Å². The Morgan fingerprint density at radius 3 is 2.28 bits per heavy atom. The molecule has 0 saturated carbocycles. The number of hydrogen-bond donors (Lipinski definition) is 1. The molecule has 1 amide bonds. The van der Waals surface area contributed by atoms with Gasteiger partial charge in [-0.15, -0.1) is 0 Å². The Morgan fingerprint density at radius 1 is 1.03 bits per heavy atom. The van der Waals surface area contributed by atoms with Crippen molar-refractivity contribution < 1.29 is 23.9 Å². The maximum atomic E-state index is 12.6. The monoisotopic (exact) mass is 402 g/mol. The molecule has 2 aromatic rings. The number of nitrogens with zero attached hydrogens (tertiary/aromatic N) is 1. The molecule has 0 bridgehead atoms. The van der Waals surface area contributed by atoms with Gasteiger partial charge in [0, 0.05) is 11.6 Å². The van der Waals surface area contributed by atoms with Crippen LogP contribution in [0.3, 0.4) is 0 Å². The lowest BCUT2D eigenvalue weighted by Crippen LogP contribution is -2.26. The summed E-state index contributed by atoms with van der Waals surface area (Å²) in [6.45, 7) is 6.50. The molecule has 0 saturated heterocycles. The van der Waals surface area contributed by atoms with Gasteiger partial charge in [-0.2, -0.15) is 0 Å². The summed E-state index contributed by atoms with van der Waals surface area (Å²) in [5.41, 5.74) is 0.726. The normalized spacial score (nSPS) is 11.7. The molecule has 0 heterocycles. The third-order valence-corrected chi connectivity index (χ3v) is 4.25. The number of amides is 1. The summed E-state index contributed by atoms with van der Waals surface area (Å²) < 4.78 is 16.1. The molecule has 0 radical (unpaired) electrons. The van der Waals surface area contributed by atoms with Crippen LogP contribution in [0.5, 0.6) is 17.2 Å². The van der Waals surface area contributed by atoms with Crippen LogP contribution in [0.25, 0.3) is 0 Å². The maximum absolute atomic E-state index is 12.6. The molecule has 1 atom stereocenters. The summed E-state index contributed by atoms with van der Waals surface area (Å²) in [7, 11) is 2.90. The van der Waals surface area contributed by atoms with E-state index in [9.17, 15) is 14.9 Å². The highest BCUT2D eigenvalue weighted by Crippen LogP contribution is 2.31. The van der Waals surface area contributed by atoms with Gasteiger partial charge in [0.15, 0.2) is 17.2 Å². The molecule has 0 aromatic heterocycles. The summed E-state index contributed by atoms with van der Waals surface area (Å²) in [5, 5.41) is 14.0. The summed E-state index contributed by atoms with van der Waals surface area (Å²) in [4.78, 5) is 23.2. The van der Waals surface area contributed by atoms with Gasteiger partial charge in [-0.05, 0) is 42.7 Å². The van der Waals surface area contributed by atoms with Crippen LogP contribution in [0.15, 0.2) is 36.4 Å². The molecule has 1 N–H and O–H groups in total. The van der Waals surface area contributed by atoms with Crippen molar-refractivity contribution >= 4 is 11.6 Å². The average Bonchev–Trinajstić information content (AvgIpc) is 2.71. The van der Waals surface area contributed by atoms with E-state index in [2.05, 4.69) is 19.2 Å². The Kier molecular flexibility index (Phi) is 7.41. The van der Waals surface area contributed by atoms with Crippen LogP contribution >= 0.6 is 0 Å². The molecular formula is C21H26N2O6. The van der Waals surface area contributed by atoms with Gasteiger partial charge >= 0.3 is 5.69 Å². The largest absolute Gasteiger partial charge is 0.493 e. The van der Waals surface area contributed by atoms with Gasteiger partial charge in [0.25, 0.3) is 5.91 Å². The number of hydrogen-bond acceptors (Lipinski definition) is 6. The fraction of sp³-hybridized carbons (Fsp3) is 0.381. The number of nitrogens with one attached hydrogen (secondary N) is 1. The first kappa shape index (κ1) is 22.0. The summed E-state index contributed by atoms with van der Waals surface area (Å²) >= 11 is 0. The molecule has 0 fully saturated rings. The molecule has 2 rings (SSSR count). The van der Waals surface area contributed by atoms with E-state index in [0.717, 1.165) is 5.56 Å². The Bertz CT molecular complexity index is 881. The fourth-order valence-corrected chi connectivity index (χ4v) is 2.67. The van der Waals surface area contributed by atoms with Gasteiger partial charge in [-0.3, -0.25) is 14.9 Å². The van der Waals surface area contributed by atoms with Crippen molar-refractivity contribution in [2.45, 2.75) is 26.8 Å². The Labute approximate surface area is 169 Å². The first-order valence-corrected chi connectivity index (χ1v) is 9.20. The fourth-order valence-electron chi connectivity index (χ4n) is 2.67. The van der Waals surface area contributed by atoms with Crippen molar-refractivity contribution in [3.8, 4) is 17.2 Å². The number of benzene rings is 2. The molecule has 0 unspecified atom stereocenters. The van der Waals surface area contributed by atoms with E-state index in [0.29, 0.717) is 24.0 Å². The standard InChI is InChI=1S/C21H26N2O6/c1-13(2)12-29-19-9-6-15(11-20(19)28-5)14(3)22-21(24)16-7-8-18(27-4)17(10-16)23(25)26/h6-11,13-14H,12H2,1-5H3,(H,22,24)/t14-/m1/s1. The minimum Gasteiger partial charge on any atom is -0.493 e. The van der Waals surface area contributed by atoms with Crippen LogP contribution in [0.2, 0.25) is 0 Å². The number of nitro groups is 1. The molecule has 0 aliphatic rings. The minimum atomic E-state index is -0.584. The molecule has 8 heteroatoms. The zero-order chi connectivity index (χ0) is 21.6. The van der Waals surface area contributed by atoms with Crippen LogP contribution in [0.4, 0.5) is 5.69 Å². The zero-order valence-electron chi connectivity index (χ0n) is 17.2. The molecular weight excluding hydrogens is 376 g/mol. The second-order valence-electron chi connectivity index (χ2n) is 6.95. The number of rotatable bonds is 9. The Hall–Kier alpha value is -3.29. The summed E-state index contributed by atoms with van der Waals surface area (Å²) in [6, 6.07) is 9.19. The number of nitro benzene ring substituents is 1. The smallest absolute Gasteiger partial charge is 0.311 e. The van der Waals surface area contributed by atoms with Crippen LogP contribution in [0.1, 0.15) is 42.7 Å². The number of methoxy groups -OCH3 is 2. The Balaban J connectivity index is 2.17.